The summed E-state index contributed by atoms with van der Waals surface area (Å²) in [7, 11) is -2.31. The van der Waals surface area contributed by atoms with Gasteiger partial charge in [-0.15, -0.1) is 0 Å². The first-order valence-corrected chi connectivity index (χ1v) is 12.2. The summed E-state index contributed by atoms with van der Waals surface area (Å²) in [6.07, 6.45) is 2.85. The highest BCUT2D eigenvalue weighted by atomic mass is 32.2. The Morgan fingerprint density at radius 3 is 2.77 bits per heavy atom. The maximum atomic E-state index is 13.4. The van der Waals surface area contributed by atoms with Gasteiger partial charge in [0.25, 0.3) is 15.9 Å². The van der Waals surface area contributed by atoms with Gasteiger partial charge >= 0.3 is 0 Å². The molecular weight excluding hydrogens is 414 g/mol. The van der Waals surface area contributed by atoms with Gasteiger partial charge in [-0.1, -0.05) is 25.1 Å². The largest absolute Gasteiger partial charge is 0.496 e. The van der Waals surface area contributed by atoms with Crippen LogP contribution in [0.1, 0.15) is 35.7 Å². The number of likely N-dealkylation sites (N-methyl/N-ethyl adjacent to an activating group) is 1. The average molecular weight is 444 g/mol. The Labute approximate surface area is 184 Å². The van der Waals surface area contributed by atoms with Crippen LogP contribution in [0.2, 0.25) is 0 Å². The molecular formula is C23H29N3O4S. The summed E-state index contributed by atoms with van der Waals surface area (Å²) in [6, 6.07) is 12.3. The van der Waals surface area contributed by atoms with Crippen LogP contribution in [-0.4, -0.2) is 58.6 Å². The molecule has 0 radical (unpaired) electrons. The van der Waals surface area contributed by atoms with E-state index in [2.05, 4.69) is 17.1 Å². The number of para-hydroxylation sites is 1. The summed E-state index contributed by atoms with van der Waals surface area (Å²) >= 11 is 0. The van der Waals surface area contributed by atoms with Gasteiger partial charge in [0.2, 0.25) is 0 Å². The number of hydrogen-bond acceptors (Lipinski definition) is 5. The molecule has 0 spiro atoms. The second-order valence-electron chi connectivity index (χ2n) is 7.95. The third kappa shape index (κ3) is 4.14. The van der Waals surface area contributed by atoms with E-state index in [4.69, 9.17) is 4.74 Å². The van der Waals surface area contributed by atoms with Crippen LogP contribution in [-0.2, 0) is 16.4 Å². The number of benzene rings is 2. The number of hydrogen-bond donors (Lipinski definition) is 1. The highest BCUT2D eigenvalue weighted by Gasteiger charge is 2.32. The molecule has 0 saturated carbocycles. The normalized spacial score (nSPS) is 18.8. The van der Waals surface area contributed by atoms with E-state index in [1.165, 1.54) is 23.5 Å². The molecule has 2 aliphatic heterocycles. The molecule has 1 saturated heterocycles. The fraction of sp³-hybridized carbons (Fsp3) is 0.435. The van der Waals surface area contributed by atoms with Crippen LogP contribution in [0.5, 0.6) is 5.75 Å². The van der Waals surface area contributed by atoms with E-state index in [9.17, 15) is 13.2 Å². The van der Waals surface area contributed by atoms with E-state index in [0.29, 0.717) is 37.0 Å². The number of nitrogens with one attached hydrogen (secondary N) is 1. The van der Waals surface area contributed by atoms with Crippen LogP contribution < -0.4 is 14.4 Å². The number of anilines is 1. The lowest BCUT2D eigenvalue weighted by atomic mass is 10.1. The summed E-state index contributed by atoms with van der Waals surface area (Å²) in [5.74, 6) is 0.0377. The Balaban J connectivity index is 1.58. The van der Waals surface area contributed by atoms with Gasteiger partial charge in [0.05, 0.1) is 23.3 Å². The van der Waals surface area contributed by atoms with Gasteiger partial charge in [-0.25, -0.2) is 8.42 Å². The third-order valence-electron chi connectivity index (χ3n) is 6.25. The first-order chi connectivity index (χ1) is 15.0. The van der Waals surface area contributed by atoms with Crippen LogP contribution in [0.15, 0.2) is 47.4 Å². The van der Waals surface area contributed by atoms with E-state index >= 15 is 0 Å². The van der Waals surface area contributed by atoms with Crippen LogP contribution in [0, 0.1) is 0 Å². The number of ether oxygens (including phenoxy) is 1. The molecule has 0 aromatic heterocycles. The lowest BCUT2D eigenvalue weighted by Gasteiger charge is -2.23. The predicted molar refractivity (Wildman–Crippen MR) is 120 cm³/mol. The quantitative estimate of drug-likeness (QED) is 0.712. The van der Waals surface area contributed by atoms with Gasteiger partial charge in [0.15, 0.2) is 0 Å². The monoisotopic (exact) mass is 443 g/mol. The Kier molecular flexibility index (Phi) is 6.20. The summed E-state index contributed by atoms with van der Waals surface area (Å²) in [5, 5.41) is 2.97. The average Bonchev–Trinajstić information content (AvgIpc) is 3.43. The van der Waals surface area contributed by atoms with Gasteiger partial charge in [-0.3, -0.25) is 14.0 Å². The zero-order valence-corrected chi connectivity index (χ0v) is 18.8. The number of likely N-dealkylation sites (tertiary alicyclic amines) is 1. The zero-order valence-electron chi connectivity index (χ0n) is 18.0. The minimum Gasteiger partial charge on any atom is -0.496 e. The molecule has 1 N–H and O–H groups in total. The van der Waals surface area contributed by atoms with Crippen molar-refractivity contribution in [1.29, 1.82) is 0 Å². The molecule has 2 aromatic carbocycles. The number of sulfonamides is 1. The maximum Gasteiger partial charge on any atom is 0.264 e. The molecule has 0 unspecified atom stereocenters. The van der Waals surface area contributed by atoms with Crippen molar-refractivity contribution in [2.24, 2.45) is 0 Å². The van der Waals surface area contributed by atoms with Crippen molar-refractivity contribution >= 4 is 21.6 Å². The van der Waals surface area contributed by atoms with Crippen LogP contribution >= 0.6 is 0 Å². The van der Waals surface area contributed by atoms with Gasteiger partial charge in [0.1, 0.15) is 5.75 Å². The minimum absolute atomic E-state index is 0.0891. The summed E-state index contributed by atoms with van der Waals surface area (Å²) < 4.78 is 33.5. The number of amides is 1. The van der Waals surface area contributed by atoms with Crippen LogP contribution in [0.4, 0.5) is 5.69 Å². The van der Waals surface area contributed by atoms with E-state index in [1.54, 1.807) is 6.07 Å². The molecule has 1 atom stereocenters. The molecule has 0 bridgehead atoms. The Hall–Kier alpha value is -2.58. The highest BCUT2D eigenvalue weighted by molar-refractivity contribution is 7.92. The van der Waals surface area contributed by atoms with Crippen molar-refractivity contribution in [3.05, 3.63) is 53.6 Å². The van der Waals surface area contributed by atoms with Crippen molar-refractivity contribution in [2.75, 3.05) is 37.6 Å². The first kappa shape index (κ1) is 21.6. The van der Waals surface area contributed by atoms with Crippen molar-refractivity contribution in [2.45, 2.75) is 37.1 Å². The van der Waals surface area contributed by atoms with Crippen molar-refractivity contribution in [3.8, 4) is 5.75 Å². The van der Waals surface area contributed by atoms with Gasteiger partial charge in [-0.2, -0.15) is 0 Å². The molecule has 1 fully saturated rings. The number of rotatable bonds is 7. The second kappa shape index (κ2) is 8.88. The lowest BCUT2D eigenvalue weighted by Crippen LogP contribution is -2.40. The Morgan fingerprint density at radius 1 is 1.19 bits per heavy atom. The van der Waals surface area contributed by atoms with E-state index < -0.39 is 10.0 Å². The number of methoxy groups -OCH3 is 1. The number of carbonyl (C=O) groups excluding carboxylic acids is 1. The molecule has 1 amide bonds. The van der Waals surface area contributed by atoms with Gasteiger partial charge in [0, 0.05) is 19.1 Å². The molecule has 166 valence electrons. The van der Waals surface area contributed by atoms with Crippen molar-refractivity contribution in [1.82, 2.24) is 10.2 Å². The molecule has 8 heteroatoms. The summed E-state index contributed by atoms with van der Waals surface area (Å²) in [5.41, 5.74) is 1.94. The van der Waals surface area contributed by atoms with Crippen LogP contribution in [0.3, 0.4) is 0 Å². The van der Waals surface area contributed by atoms with Gasteiger partial charge in [-0.05, 0) is 62.2 Å². The van der Waals surface area contributed by atoms with Gasteiger partial charge < -0.3 is 10.1 Å². The topological polar surface area (TPSA) is 79.0 Å². The fourth-order valence-corrected chi connectivity index (χ4v) is 6.09. The summed E-state index contributed by atoms with van der Waals surface area (Å²) in [6.45, 7) is 5.05. The second-order valence-corrected chi connectivity index (χ2v) is 9.81. The summed E-state index contributed by atoms with van der Waals surface area (Å²) in [4.78, 5) is 15.4. The number of fused-ring (bicyclic) bond motifs is 1. The SMILES string of the molecule is CCN1CCC[C@H]1CNC(=O)c1cc(S(=O)(=O)N2CCc3ccccc32)ccc1OC. The standard InChI is InChI=1S/C23H29N3O4S/c1-3-25-13-6-8-18(25)16-24-23(27)20-15-19(10-11-22(20)30-2)31(28,29)26-14-12-17-7-4-5-9-21(17)26/h4-5,7,9-11,15,18H,3,6,8,12-14,16H2,1-2H3,(H,24,27)/t18-/m0/s1. The fourth-order valence-electron chi connectivity index (χ4n) is 4.56. The highest BCUT2D eigenvalue weighted by Crippen LogP contribution is 2.34. The molecule has 2 aromatic rings. The molecule has 7 nitrogen and oxygen atoms in total. The Morgan fingerprint density at radius 2 is 2.00 bits per heavy atom. The molecule has 4 rings (SSSR count). The third-order valence-corrected chi connectivity index (χ3v) is 8.06. The number of carbonyl (C=O) groups is 1. The van der Waals surface area contributed by atoms with Crippen molar-refractivity contribution < 1.29 is 17.9 Å². The maximum absolute atomic E-state index is 13.4. The Bertz CT molecular complexity index is 1070. The molecule has 0 aliphatic carbocycles. The first-order valence-electron chi connectivity index (χ1n) is 10.8. The van der Waals surface area contributed by atoms with Crippen molar-refractivity contribution in [3.63, 3.8) is 0 Å². The lowest BCUT2D eigenvalue weighted by molar-refractivity contribution is 0.0938. The predicted octanol–water partition coefficient (Wildman–Crippen LogP) is 2.66. The molecule has 31 heavy (non-hydrogen) atoms. The van der Waals surface area contributed by atoms with Crippen LogP contribution in [0.25, 0.3) is 0 Å². The minimum atomic E-state index is -3.79. The molecule has 2 heterocycles. The number of nitrogens with zero attached hydrogens (tertiary/aromatic N) is 2. The van der Waals surface area contributed by atoms with E-state index in [1.807, 2.05) is 24.3 Å². The zero-order chi connectivity index (χ0) is 22.0. The van der Waals surface area contributed by atoms with E-state index in [0.717, 1.165) is 31.5 Å². The van der Waals surface area contributed by atoms with E-state index in [-0.39, 0.29) is 16.4 Å². The smallest absolute Gasteiger partial charge is 0.264 e. The molecule has 2 aliphatic rings.